The Balaban J connectivity index is 2.74. The average molecular weight is 399 g/mol. The average Bonchev–Trinajstić information content (AvgIpc) is 2.64. The molecule has 0 radical (unpaired) electrons. The van der Waals surface area contributed by atoms with E-state index in [4.69, 9.17) is 9.47 Å². The Morgan fingerprint density at radius 2 is 1.93 bits per heavy atom. The first-order valence-corrected chi connectivity index (χ1v) is 9.26. The minimum atomic E-state index is -3.76. The van der Waals surface area contributed by atoms with Crippen LogP contribution in [0, 0.1) is 0 Å². The highest BCUT2D eigenvalue weighted by Crippen LogP contribution is 2.25. The standard InChI is InChI=1S/C16H21N3O7S/c1-4-18-16(22)19-14(20)10-26-15(21)8-6-11-5-7-12(25-3)13(9-11)27(23,24)17-2/h5-9,17H,4,10H2,1-3H3,(H2,18,19,20,22)/b8-6+. The Bertz CT molecular complexity index is 834. The molecular formula is C16H21N3O7S. The number of carbonyl (C=O) groups is 3. The summed E-state index contributed by atoms with van der Waals surface area (Å²) in [5.74, 6) is -1.48. The van der Waals surface area contributed by atoms with Crippen LogP contribution in [-0.4, -0.2) is 53.6 Å². The third-order valence-corrected chi connectivity index (χ3v) is 4.53. The fourth-order valence-corrected chi connectivity index (χ4v) is 2.76. The highest BCUT2D eigenvalue weighted by molar-refractivity contribution is 7.89. The number of benzene rings is 1. The SMILES string of the molecule is CCNC(=O)NC(=O)COC(=O)/C=C/c1ccc(OC)c(S(=O)(=O)NC)c1. The van der Waals surface area contributed by atoms with Gasteiger partial charge in [-0.25, -0.2) is 22.7 Å². The molecule has 0 fully saturated rings. The van der Waals surface area contributed by atoms with Crippen molar-refractivity contribution in [3.8, 4) is 5.75 Å². The summed E-state index contributed by atoms with van der Waals surface area (Å²) in [6.07, 6.45) is 2.34. The molecule has 1 aromatic rings. The molecular weight excluding hydrogens is 378 g/mol. The predicted molar refractivity (Wildman–Crippen MR) is 96.4 cm³/mol. The minimum Gasteiger partial charge on any atom is -0.495 e. The van der Waals surface area contributed by atoms with Crippen molar-refractivity contribution in [2.24, 2.45) is 0 Å². The summed E-state index contributed by atoms with van der Waals surface area (Å²) in [7, 11) is -1.16. The number of methoxy groups -OCH3 is 1. The van der Waals surface area contributed by atoms with Gasteiger partial charge in [0.2, 0.25) is 10.0 Å². The highest BCUT2D eigenvalue weighted by atomic mass is 32.2. The van der Waals surface area contributed by atoms with Gasteiger partial charge in [-0.05, 0) is 37.7 Å². The van der Waals surface area contributed by atoms with Crippen molar-refractivity contribution in [3.05, 3.63) is 29.8 Å². The Hall–Kier alpha value is -2.92. The van der Waals surface area contributed by atoms with Gasteiger partial charge in [-0.1, -0.05) is 6.07 Å². The largest absolute Gasteiger partial charge is 0.495 e. The number of hydrogen-bond donors (Lipinski definition) is 3. The van der Waals surface area contributed by atoms with Gasteiger partial charge in [0.05, 0.1) is 7.11 Å². The summed E-state index contributed by atoms with van der Waals surface area (Å²) in [4.78, 5) is 34.1. The number of rotatable bonds is 8. The molecule has 0 heterocycles. The topological polar surface area (TPSA) is 140 Å². The Kier molecular flexibility index (Phi) is 8.42. The predicted octanol–water partition coefficient (Wildman–Crippen LogP) is 0.00540. The van der Waals surface area contributed by atoms with E-state index in [2.05, 4.69) is 10.0 Å². The number of hydrogen-bond acceptors (Lipinski definition) is 7. The molecule has 1 aromatic carbocycles. The Morgan fingerprint density at radius 1 is 1.22 bits per heavy atom. The summed E-state index contributed by atoms with van der Waals surface area (Å²) < 4.78 is 35.9. The zero-order valence-electron chi connectivity index (χ0n) is 15.1. The molecule has 3 amide bonds. The molecule has 148 valence electrons. The van der Waals surface area contributed by atoms with E-state index in [0.29, 0.717) is 12.1 Å². The lowest BCUT2D eigenvalue weighted by molar-refractivity contribution is -0.143. The van der Waals surface area contributed by atoms with E-state index in [9.17, 15) is 22.8 Å². The lowest BCUT2D eigenvalue weighted by Gasteiger charge is -2.09. The molecule has 1 rings (SSSR count). The van der Waals surface area contributed by atoms with Crippen molar-refractivity contribution in [2.45, 2.75) is 11.8 Å². The first kappa shape index (κ1) is 22.1. The monoisotopic (exact) mass is 399 g/mol. The Labute approximate surface area is 157 Å². The molecule has 11 heteroatoms. The normalized spacial score (nSPS) is 11.1. The van der Waals surface area contributed by atoms with Gasteiger partial charge in [-0.2, -0.15) is 0 Å². The van der Waals surface area contributed by atoms with Crippen molar-refractivity contribution < 1.29 is 32.3 Å². The number of carbonyl (C=O) groups excluding carboxylic acids is 3. The second kappa shape index (κ2) is 10.3. The van der Waals surface area contributed by atoms with Gasteiger partial charge < -0.3 is 14.8 Å². The molecule has 0 aliphatic heterocycles. The summed E-state index contributed by atoms with van der Waals surface area (Å²) in [5, 5.41) is 4.33. The molecule has 0 saturated carbocycles. The minimum absolute atomic E-state index is 0.0932. The zero-order chi connectivity index (χ0) is 20.4. The van der Waals surface area contributed by atoms with Gasteiger partial charge in [0.25, 0.3) is 5.91 Å². The zero-order valence-corrected chi connectivity index (χ0v) is 15.9. The summed E-state index contributed by atoms with van der Waals surface area (Å²) in [6.45, 7) is 1.39. The number of ether oxygens (including phenoxy) is 2. The third-order valence-electron chi connectivity index (χ3n) is 3.09. The number of imide groups is 1. The second-order valence-corrected chi connectivity index (χ2v) is 6.82. The van der Waals surface area contributed by atoms with Crippen LogP contribution in [0.5, 0.6) is 5.75 Å². The Morgan fingerprint density at radius 3 is 2.52 bits per heavy atom. The number of sulfonamides is 1. The van der Waals surface area contributed by atoms with E-state index in [0.717, 1.165) is 6.08 Å². The van der Waals surface area contributed by atoms with E-state index in [1.807, 2.05) is 5.32 Å². The van der Waals surface area contributed by atoms with Crippen LogP contribution in [0.15, 0.2) is 29.2 Å². The van der Waals surface area contributed by atoms with Gasteiger partial charge >= 0.3 is 12.0 Å². The number of esters is 1. The molecule has 0 unspecified atom stereocenters. The van der Waals surface area contributed by atoms with Crippen LogP contribution in [0.2, 0.25) is 0 Å². The molecule has 0 saturated heterocycles. The van der Waals surface area contributed by atoms with Crippen LogP contribution in [0.1, 0.15) is 12.5 Å². The van der Waals surface area contributed by atoms with Gasteiger partial charge in [0.15, 0.2) is 6.61 Å². The highest BCUT2D eigenvalue weighted by Gasteiger charge is 2.17. The van der Waals surface area contributed by atoms with Crippen molar-refractivity contribution >= 4 is 34.0 Å². The molecule has 27 heavy (non-hydrogen) atoms. The van der Waals surface area contributed by atoms with Crippen LogP contribution in [-0.2, 0) is 24.3 Å². The maximum Gasteiger partial charge on any atom is 0.331 e. The van der Waals surface area contributed by atoms with Crippen LogP contribution in [0.3, 0.4) is 0 Å². The van der Waals surface area contributed by atoms with Gasteiger partial charge in [-0.3, -0.25) is 10.1 Å². The quantitative estimate of drug-likeness (QED) is 0.413. The molecule has 0 atom stereocenters. The number of amides is 3. The molecule has 0 bridgehead atoms. The van der Waals surface area contributed by atoms with E-state index in [1.165, 1.54) is 32.4 Å². The maximum atomic E-state index is 12.0. The van der Waals surface area contributed by atoms with Crippen LogP contribution in [0.4, 0.5) is 4.79 Å². The van der Waals surface area contributed by atoms with Crippen LogP contribution >= 0.6 is 0 Å². The van der Waals surface area contributed by atoms with Crippen molar-refractivity contribution in [3.63, 3.8) is 0 Å². The van der Waals surface area contributed by atoms with Crippen molar-refractivity contribution in [1.29, 1.82) is 0 Å². The fourth-order valence-electron chi connectivity index (χ4n) is 1.83. The molecule has 0 spiro atoms. The molecule has 10 nitrogen and oxygen atoms in total. The molecule has 3 N–H and O–H groups in total. The smallest absolute Gasteiger partial charge is 0.331 e. The molecule has 0 aromatic heterocycles. The summed E-state index contributed by atoms with van der Waals surface area (Å²) in [5.41, 5.74) is 0.397. The molecule has 0 aliphatic rings. The van der Waals surface area contributed by atoms with Gasteiger partial charge in [0, 0.05) is 12.6 Å². The lowest BCUT2D eigenvalue weighted by Crippen LogP contribution is -2.41. The summed E-state index contributed by atoms with van der Waals surface area (Å²) in [6, 6.07) is 3.61. The van der Waals surface area contributed by atoms with Gasteiger partial charge in [-0.15, -0.1) is 0 Å². The van der Waals surface area contributed by atoms with E-state index in [1.54, 1.807) is 13.0 Å². The summed E-state index contributed by atoms with van der Waals surface area (Å²) >= 11 is 0. The second-order valence-electron chi connectivity index (χ2n) is 4.97. The molecule has 0 aliphatic carbocycles. The van der Waals surface area contributed by atoms with E-state index in [-0.39, 0.29) is 10.6 Å². The van der Waals surface area contributed by atoms with Crippen molar-refractivity contribution in [2.75, 3.05) is 27.3 Å². The fraction of sp³-hybridized carbons (Fsp3) is 0.312. The number of nitrogens with one attached hydrogen (secondary N) is 3. The first-order chi connectivity index (χ1) is 12.7. The van der Waals surface area contributed by atoms with Crippen LogP contribution in [0.25, 0.3) is 6.08 Å². The number of urea groups is 1. The first-order valence-electron chi connectivity index (χ1n) is 7.77. The lowest BCUT2D eigenvalue weighted by atomic mass is 10.2. The van der Waals surface area contributed by atoms with Crippen molar-refractivity contribution in [1.82, 2.24) is 15.4 Å². The van der Waals surface area contributed by atoms with Gasteiger partial charge in [0.1, 0.15) is 10.6 Å². The maximum absolute atomic E-state index is 12.0. The van der Waals surface area contributed by atoms with E-state index < -0.39 is 34.5 Å². The van der Waals surface area contributed by atoms with Crippen LogP contribution < -0.4 is 20.1 Å². The third kappa shape index (κ3) is 7.07. The van der Waals surface area contributed by atoms with E-state index >= 15 is 0 Å².